The predicted molar refractivity (Wildman–Crippen MR) is 64.7 cm³/mol. The van der Waals surface area contributed by atoms with Gasteiger partial charge in [-0.1, -0.05) is 0 Å². The van der Waals surface area contributed by atoms with Gasteiger partial charge in [0.2, 0.25) is 0 Å². The summed E-state index contributed by atoms with van der Waals surface area (Å²) in [6.45, 7) is 7.39. The van der Waals surface area contributed by atoms with Crippen molar-refractivity contribution in [1.82, 2.24) is 9.80 Å². The minimum Gasteiger partial charge on any atom is -0.379 e. The maximum atomic E-state index is 5.52. The largest absolute Gasteiger partial charge is 0.379 e. The van der Waals surface area contributed by atoms with Crippen LogP contribution >= 0.6 is 11.6 Å². The van der Waals surface area contributed by atoms with Crippen molar-refractivity contribution in [3.63, 3.8) is 0 Å². The van der Waals surface area contributed by atoms with Gasteiger partial charge in [0.1, 0.15) is 0 Å². The van der Waals surface area contributed by atoms with Crippen LogP contribution < -0.4 is 0 Å². The topological polar surface area (TPSA) is 15.7 Å². The van der Waals surface area contributed by atoms with E-state index in [9.17, 15) is 0 Å². The molecule has 1 aliphatic rings. The second-order valence-electron chi connectivity index (χ2n) is 4.15. The fourth-order valence-electron chi connectivity index (χ4n) is 1.81. The Bertz CT molecular complexity index is 152. The summed E-state index contributed by atoms with van der Waals surface area (Å²) in [5, 5.41) is 0. The molecular weight excluding hydrogens is 212 g/mol. The molecule has 0 aromatic heterocycles. The van der Waals surface area contributed by atoms with E-state index in [0.29, 0.717) is 12.5 Å². The number of nitrogens with zero attached hydrogens (tertiary/aromatic N) is 2. The molecule has 1 heterocycles. The van der Waals surface area contributed by atoms with Gasteiger partial charge in [-0.3, -0.25) is 0 Å². The molecular formula is C11H23ClN2O. The predicted octanol–water partition coefficient (Wildman–Crippen LogP) is 1.27. The monoisotopic (exact) mass is 234 g/mol. The van der Waals surface area contributed by atoms with Crippen LogP contribution in [0.1, 0.15) is 12.8 Å². The molecule has 0 saturated carbocycles. The first kappa shape index (κ1) is 13.2. The van der Waals surface area contributed by atoms with Crippen LogP contribution in [0.25, 0.3) is 0 Å². The number of likely N-dealkylation sites (tertiary alicyclic amines) is 1. The Morgan fingerprint density at radius 2 is 1.93 bits per heavy atom. The lowest BCUT2D eigenvalue weighted by atomic mass is 10.4. The molecule has 0 N–H and O–H groups in total. The molecule has 1 rings (SSSR count). The first-order chi connectivity index (χ1) is 7.33. The lowest BCUT2D eigenvalue weighted by Crippen LogP contribution is -2.33. The minimum absolute atomic E-state index is 0.595. The lowest BCUT2D eigenvalue weighted by molar-refractivity contribution is 0.120. The van der Waals surface area contributed by atoms with Crippen LogP contribution in [0.2, 0.25) is 0 Å². The summed E-state index contributed by atoms with van der Waals surface area (Å²) < 4.78 is 5.34. The van der Waals surface area contributed by atoms with E-state index in [1.807, 2.05) is 0 Å². The van der Waals surface area contributed by atoms with Crippen LogP contribution in [0.3, 0.4) is 0 Å². The van der Waals surface area contributed by atoms with Gasteiger partial charge in [-0.2, -0.15) is 0 Å². The highest BCUT2D eigenvalue weighted by Gasteiger charge is 2.11. The average molecular weight is 235 g/mol. The number of rotatable bonds is 8. The molecule has 0 radical (unpaired) electrons. The van der Waals surface area contributed by atoms with Crippen molar-refractivity contribution >= 4 is 11.6 Å². The highest BCUT2D eigenvalue weighted by atomic mass is 35.5. The zero-order chi connectivity index (χ0) is 10.9. The normalized spacial score (nSPS) is 17.8. The van der Waals surface area contributed by atoms with Crippen LogP contribution in [0.5, 0.6) is 0 Å². The number of alkyl halides is 1. The Morgan fingerprint density at radius 1 is 1.20 bits per heavy atom. The van der Waals surface area contributed by atoms with Crippen LogP contribution in [0.15, 0.2) is 0 Å². The van der Waals surface area contributed by atoms with Gasteiger partial charge < -0.3 is 14.5 Å². The van der Waals surface area contributed by atoms with Crippen molar-refractivity contribution in [2.75, 3.05) is 58.9 Å². The van der Waals surface area contributed by atoms with E-state index in [1.165, 1.54) is 32.5 Å². The van der Waals surface area contributed by atoms with Gasteiger partial charge in [-0.15, -0.1) is 11.6 Å². The van der Waals surface area contributed by atoms with Crippen molar-refractivity contribution in [2.24, 2.45) is 0 Å². The van der Waals surface area contributed by atoms with E-state index in [0.717, 1.165) is 19.7 Å². The number of hydrogen-bond donors (Lipinski definition) is 0. The minimum atomic E-state index is 0.595. The van der Waals surface area contributed by atoms with Crippen LogP contribution in [0, 0.1) is 0 Å². The van der Waals surface area contributed by atoms with E-state index < -0.39 is 0 Å². The standard InChI is InChI=1S/C11H23ClN2O/c1-13(9-11-15-10-4-12)7-8-14-5-2-3-6-14/h2-11H2,1H3. The van der Waals surface area contributed by atoms with Crippen molar-refractivity contribution in [2.45, 2.75) is 12.8 Å². The first-order valence-corrected chi connectivity index (χ1v) is 6.41. The van der Waals surface area contributed by atoms with Crippen molar-refractivity contribution in [1.29, 1.82) is 0 Å². The summed E-state index contributed by atoms with van der Waals surface area (Å²) in [6, 6.07) is 0. The molecule has 0 aromatic carbocycles. The maximum Gasteiger partial charge on any atom is 0.0602 e. The third kappa shape index (κ3) is 6.36. The summed E-state index contributed by atoms with van der Waals surface area (Å²) in [4.78, 5) is 4.86. The van der Waals surface area contributed by atoms with Crippen molar-refractivity contribution in [3.05, 3.63) is 0 Å². The second kappa shape index (κ2) is 8.34. The molecule has 0 amide bonds. The van der Waals surface area contributed by atoms with Crippen LogP contribution in [0.4, 0.5) is 0 Å². The summed E-state index contributed by atoms with van der Waals surface area (Å²) in [5.41, 5.74) is 0. The van der Waals surface area contributed by atoms with E-state index in [-0.39, 0.29) is 0 Å². The van der Waals surface area contributed by atoms with Gasteiger partial charge in [-0.25, -0.2) is 0 Å². The molecule has 1 aliphatic heterocycles. The number of halogens is 1. The van der Waals surface area contributed by atoms with E-state index in [1.54, 1.807) is 0 Å². The molecule has 0 aromatic rings. The molecule has 0 atom stereocenters. The Morgan fingerprint density at radius 3 is 2.60 bits per heavy atom. The smallest absolute Gasteiger partial charge is 0.0602 e. The number of likely N-dealkylation sites (N-methyl/N-ethyl adjacent to an activating group) is 1. The van der Waals surface area contributed by atoms with Gasteiger partial charge in [0.15, 0.2) is 0 Å². The average Bonchev–Trinajstić information content (AvgIpc) is 2.74. The Labute approximate surface area is 98.3 Å². The fraction of sp³-hybridized carbons (Fsp3) is 1.00. The Balaban J connectivity index is 1.90. The molecule has 15 heavy (non-hydrogen) atoms. The van der Waals surface area contributed by atoms with E-state index >= 15 is 0 Å². The third-order valence-corrected chi connectivity index (χ3v) is 2.99. The van der Waals surface area contributed by atoms with Gasteiger partial charge in [0, 0.05) is 25.5 Å². The molecule has 0 unspecified atom stereocenters. The molecule has 1 saturated heterocycles. The molecule has 3 nitrogen and oxygen atoms in total. The summed E-state index contributed by atoms with van der Waals surface area (Å²) in [7, 11) is 2.15. The van der Waals surface area contributed by atoms with E-state index in [4.69, 9.17) is 16.3 Å². The molecule has 4 heteroatoms. The SMILES string of the molecule is CN(CCOCCCl)CCN1CCCC1. The Hall–Kier alpha value is 0.170. The molecule has 1 fully saturated rings. The number of hydrogen-bond acceptors (Lipinski definition) is 3. The first-order valence-electron chi connectivity index (χ1n) is 5.87. The summed E-state index contributed by atoms with van der Waals surface area (Å²) >= 11 is 5.52. The lowest BCUT2D eigenvalue weighted by Gasteiger charge is -2.21. The van der Waals surface area contributed by atoms with Crippen molar-refractivity contribution < 1.29 is 4.74 Å². The fourth-order valence-corrected chi connectivity index (χ4v) is 1.92. The molecule has 0 bridgehead atoms. The van der Waals surface area contributed by atoms with Gasteiger partial charge in [0.05, 0.1) is 13.2 Å². The summed E-state index contributed by atoms with van der Waals surface area (Å²) in [6.07, 6.45) is 2.76. The van der Waals surface area contributed by atoms with E-state index in [2.05, 4.69) is 16.8 Å². The van der Waals surface area contributed by atoms with Gasteiger partial charge in [-0.05, 0) is 33.0 Å². The number of ether oxygens (including phenoxy) is 1. The summed E-state index contributed by atoms with van der Waals surface area (Å²) in [5.74, 6) is 0.595. The van der Waals surface area contributed by atoms with Crippen LogP contribution in [-0.4, -0.2) is 68.7 Å². The highest BCUT2D eigenvalue weighted by Crippen LogP contribution is 2.06. The molecule has 90 valence electrons. The van der Waals surface area contributed by atoms with Gasteiger partial charge in [0.25, 0.3) is 0 Å². The molecule has 0 aliphatic carbocycles. The Kier molecular flexibility index (Phi) is 7.36. The van der Waals surface area contributed by atoms with Crippen molar-refractivity contribution in [3.8, 4) is 0 Å². The van der Waals surface area contributed by atoms with Crippen LogP contribution in [-0.2, 0) is 4.74 Å². The third-order valence-electron chi connectivity index (χ3n) is 2.84. The maximum absolute atomic E-state index is 5.52. The quantitative estimate of drug-likeness (QED) is 0.465. The highest BCUT2D eigenvalue weighted by molar-refractivity contribution is 6.17. The van der Waals surface area contributed by atoms with Gasteiger partial charge >= 0.3 is 0 Å². The second-order valence-corrected chi connectivity index (χ2v) is 4.53. The zero-order valence-corrected chi connectivity index (χ0v) is 10.5. The zero-order valence-electron chi connectivity index (χ0n) is 9.75. The molecule has 0 spiro atoms.